The Bertz CT molecular complexity index is 807. The smallest absolute Gasteiger partial charge is 0.269 e. The number of amides is 1. The molecule has 0 radical (unpaired) electrons. The van der Waals surface area contributed by atoms with Crippen molar-refractivity contribution in [3.63, 3.8) is 0 Å². The zero-order chi connectivity index (χ0) is 20.1. The molecule has 1 N–H and O–H groups in total. The Morgan fingerprint density at radius 2 is 1.89 bits per heavy atom. The summed E-state index contributed by atoms with van der Waals surface area (Å²) in [6.45, 7) is 3.06. The molecule has 1 amide bonds. The first-order valence-corrected chi connectivity index (χ1v) is 10.7. The minimum Gasteiger partial charge on any atom is -0.379 e. The van der Waals surface area contributed by atoms with Gasteiger partial charge in [-0.05, 0) is 30.9 Å². The number of benzene rings is 1. The third-order valence-electron chi connectivity index (χ3n) is 4.94. The summed E-state index contributed by atoms with van der Waals surface area (Å²) >= 11 is 0. The normalized spacial score (nSPS) is 21.9. The third kappa shape index (κ3) is 5.04. The lowest BCUT2D eigenvalue weighted by Gasteiger charge is -2.32. The molecular weight excluding hydrogens is 388 g/mol. The van der Waals surface area contributed by atoms with Crippen LogP contribution in [0.1, 0.15) is 19.3 Å². The summed E-state index contributed by atoms with van der Waals surface area (Å²) in [6.07, 6.45) is 1.70. The first-order chi connectivity index (χ1) is 13.4. The Hall–Kier alpha value is -2.08. The SMILES string of the molecule is O=C(CC1CCCN(S(=O)(=O)c2ccc([N+](=O)[O-])cc2)C1)NN1CCOCC1. The number of hydrogen-bond acceptors (Lipinski definition) is 7. The Morgan fingerprint density at radius 1 is 1.21 bits per heavy atom. The highest BCUT2D eigenvalue weighted by Crippen LogP contribution is 2.26. The lowest BCUT2D eigenvalue weighted by molar-refractivity contribution is -0.384. The molecule has 1 atom stereocenters. The van der Waals surface area contributed by atoms with Crippen LogP contribution in [0.4, 0.5) is 5.69 Å². The lowest BCUT2D eigenvalue weighted by Crippen LogP contribution is -2.49. The summed E-state index contributed by atoms with van der Waals surface area (Å²) in [5, 5.41) is 12.6. The van der Waals surface area contributed by atoms with Gasteiger partial charge in [-0.1, -0.05) is 0 Å². The second kappa shape index (κ2) is 8.95. The predicted molar refractivity (Wildman–Crippen MR) is 99.7 cm³/mol. The second-order valence-electron chi connectivity index (χ2n) is 6.96. The molecule has 1 aromatic rings. The summed E-state index contributed by atoms with van der Waals surface area (Å²) in [5.41, 5.74) is 2.69. The quantitative estimate of drug-likeness (QED) is 0.540. The summed E-state index contributed by atoms with van der Waals surface area (Å²) < 4.78 is 32.3. The molecule has 0 aromatic heterocycles. The Labute approximate surface area is 163 Å². The van der Waals surface area contributed by atoms with E-state index in [-0.39, 0.29) is 35.4 Å². The highest BCUT2D eigenvalue weighted by molar-refractivity contribution is 7.89. The number of sulfonamides is 1. The van der Waals surface area contributed by atoms with Crippen molar-refractivity contribution in [2.45, 2.75) is 24.2 Å². The fraction of sp³-hybridized carbons (Fsp3) is 0.588. The number of rotatable bonds is 6. The molecule has 0 aliphatic carbocycles. The maximum Gasteiger partial charge on any atom is 0.269 e. The van der Waals surface area contributed by atoms with Crippen LogP contribution in [0, 0.1) is 16.0 Å². The van der Waals surface area contributed by atoms with Gasteiger partial charge in [0.1, 0.15) is 0 Å². The molecule has 1 unspecified atom stereocenters. The average Bonchev–Trinajstić information content (AvgIpc) is 2.69. The van der Waals surface area contributed by atoms with E-state index in [1.54, 1.807) is 0 Å². The lowest BCUT2D eigenvalue weighted by atomic mass is 9.96. The Kier molecular flexibility index (Phi) is 6.60. The molecule has 10 nitrogen and oxygen atoms in total. The van der Waals surface area contributed by atoms with E-state index in [1.165, 1.54) is 28.6 Å². The molecule has 28 heavy (non-hydrogen) atoms. The van der Waals surface area contributed by atoms with Gasteiger partial charge in [-0.15, -0.1) is 0 Å². The zero-order valence-corrected chi connectivity index (χ0v) is 16.3. The molecule has 0 bridgehead atoms. The van der Waals surface area contributed by atoms with Gasteiger partial charge in [0.05, 0.1) is 23.0 Å². The van der Waals surface area contributed by atoms with E-state index in [9.17, 15) is 23.3 Å². The summed E-state index contributed by atoms with van der Waals surface area (Å²) in [4.78, 5) is 22.5. The number of nitro benzene ring substituents is 1. The van der Waals surface area contributed by atoms with E-state index in [1.807, 2.05) is 5.01 Å². The van der Waals surface area contributed by atoms with E-state index in [4.69, 9.17) is 4.74 Å². The standard InChI is InChI=1S/C17H24N4O6S/c22-17(18-19-8-10-27-11-9-19)12-14-2-1-7-20(13-14)28(25,26)16-5-3-15(4-6-16)21(23)24/h3-6,14H,1-2,7-13H2,(H,18,22). The van der Waals surface area contributed by atoms with Gasteiger partial charge in [0, 0.05) is 44.7 Å². The minimum atomic E-state index is -3.75. The molecule has 2 heterocycles. The number of nitrogens with one attached hydrogen (secondary N) is 1. The third-order valence-corrected chi connectivity index (χ3v) is 6.81. The Balaban J connectivity index is 1.60. The molecule has 11 heteroatoms. The first-order valence-electron chi connectivity index (χ1n) is 9.23. The molecule has 0 saturated carbocycles. The van der Waals surface area contributed by atoms with Gasteiger partial charge in [-0.2, -0.15) is 4.31 Å². The van der Waals surface area contributed by atoms with Crippen molar-refractivity contribution in [1.82, 2.24) is 14.7 Å². The highest BCUT2D eigenvalue weighted by atomic mass is 32.2. The number of nitrogens with zero attached hydrogens (tertiary/aromatic N) is 3. The largest absolute Gasteiger partial charge is 0.379 e. The van der Waals surface area contributed by atoms with Crippen molar-refractivity contribution in [2.24, 2.45) is 5.92 Å². The van der Waals surface area contributed by atoms with Crippen LogP contribution in [-0.2, 0) is 19.6 Å². The number of nitro groups is 1. The number of ether oxygens (including phenoxy) is 1. The van der Waals surface area contributed by atoms with Crippen molar-refractivity contribution in [1.29, 1.82) is 0 Å². The number of piperidine rings is 1. The molecule has 2 saturated heterocycles. The fourth-order valence-electron chi connectivity index (χ4n) is 3.46. The van der Waals surface area contributed by atoms with E-state index >= 15 is 0 Å². The van der Waals surface area contributed by atoms with E-state index in [0.29, 0.717) is 39.3 Å². The number of hydrazine groups is 1. The first kappa shape index (κ1) is 20.6. The van der Waals surface area contributed by atoms with Crippen molar-refractivity contribution < 1.29 is 22.9 Å². The van der Waals surface area contributed by atoms with Gasteiger partial charge in [0.25, 0.3) is 5.69 Å². The van der Waals surface area contributed by atoms with Crippen LogP contribution < -0.4 is 5.43 Å². The minimum absolute atomic E-state index is 0.0246. The van der Waals surface area contributed by atoms with Gasteiger partial charge in [-0.3, -0.25) is 20.3 Å². The van der Waals surface area contributed by atoms with Crippen LogP contribution in [0.25, 0.3) is 0 Å². The van der Waals surface area contributed by atoms with Crippen LogP contribution in [0.5, 0.6) is 0 Å². The highest BCUT2D eigenvalue weighted by Gasteiger charge is 2.31. The van der Waals surface area contributed by atoms with Crippen molar-refractivity contribution in [2.75, 3.05) is 39.4 Å². The number of non-ortho nitro benzene ring substituents is 1. The predicted octanol–water partition coefficient (Wildman–Crippen LogP) is 0.749. The summed E-state index contributed by atoms with van der Waals surface area (Å²) in [5.74, 6) is -0.191. The molecule has 1 aromatic carbocycles. The molecule has 154 valence electrons. The van der Waals surface area contributed by atoms with Crippen LogP contribution in [0.2, 0.25) is 0 Å². The molecule has 0 spiro atoms. The van der Waals surface area contributed by atoms with Crippen LogP contribution in [-0.4, -0.2) is 68.0 Å². The van der Waals surface area contributed by atoms with Gasteiger partial charge in [-0.25, -0.2) is 13.4 Å². The van der Waals surface area contributed by atoms with Crippen molar-refractivity contribution >= 4 is 21.6 Å². The Morgan fingerprint density at radius 3 is 2.54 bits per heavy atom. The van der Waals surface area contributed by atoms with Gasteiger partial charge in [0.15, 0.2) is 0 Å². The maximum absolute atomic E-state index is 12.8. The van der Waals surface area contributed by atoms with Crippen LogP contribution in [0.15, 0.2) is 29.2 Å². The monoisotopic (exact) mass is 412 g/mol. The number of morpholine rings is 1. The van der Waals surface area contributed by atoms with E-state index < -0.39 is 14.9 Å². The van der Waals surface area contributed by atoms with Gasteiger partial charge < -0.3 is 4.74 Å². The molecular formula is C17H24N4O6S. The van der Waals surface area contributed by atoms with Gasteiger partial charge >= 0.3 is 0 Å². The van der Waals surface area contributed by atoms with E-state index in [0.717, 1.165) is 6.42 Å². The van der Waals surface area contributed by atoms with Crippen LogP contribution >= 0.6 is 0 Å². The maximum atomic E-state index is 12.8. The van der Waals surface area contributed by atoms with Crippen molar-refractivity contribution in [3.8, 4) is 0 Å². The molecule has 2 aliphatic heterocycles. The van der Waals surface area contributed by atoms with Crippen LogP contribution in [0.3, 0.4) is 0 Å². The van der Waals surface area contributed by atoms with E-state index in [2.05, 4.69) is 5.43 Å². The summed E-state index contributed by atoms with van der Waals surface area (Å²) in [6, 6.07) is 4.87. The number of carbonyl (C=O) groups excluding carboxylic acids is 1. The number of hydrogen-bond donors (Lipinski definition) is 1. The fourth-order valence-corrected chi connectivity index (χ4v) is 5.01. The zero-order valence-electron chi connectivity index (χ0n) is 15.5. The summed E-state index contributed by atoms with van der Waals surface area (Å²) in [7, 11) is -3.75. The molecule has 2 fully saturated rings. The molecule has 2 aliphatic rings. The number of carbonyl (C=O) groups is 1. The second-order valence-corrected chi connectivity index (χ2v) is 8.90. The van der Waals surface area contributed by atoms with Gasteiger partial charge in [0.2, 0.25) is 15.9 Å². The molecule has 3 rings (SSSR count). The average molecular weight is 412 g/mol. The van der Waals surface area contributed by atoms with Crippen molar-refractivity contribution in [3.05, 3.63) is 34.4 Å². The topological polar surface area (TPSA) is 122 Å².